The molecule has 8 heteroatoms. The minimum Gasteiger partial charge on any atom is -0.305 e. The summed E-state index contributed by atoms with van der Waals surface area (Å²) in [4.78, 5) is 28.3. The van der Waals surface area contributed by atoms with Crippen LogP contribution in [-0.2, 0) is 0 Å². The standard InChI is InChI=1S/C23H19ClFN5O/c1-14-6-8-27-11-19(14)23(31)30-22(26-3)13-29-15(2)18-10-16(4-5-20(18)24)17-7-9-28-12-21(17)25/h4-13H,3H2,1-2H3,(H,30,31)/b22-13+,29-15?. The molecule has 156 valence electrons. The second-order valence-corrected chi connectivity index (χ2v) is 6.99. The molecule has 6 nitrogen and oxygen atoms in total. The third-order valence-corrected chi connectivity index (χ3v) is 4.85. The average Bonchev–Trinajstić information content (AvgIpc) is 2.77. The molecule has 1 amide bonds. The SMILES string of the molecule is C=N/C(=C\N=C(C)c1cc(-c2ccncc2F)ccc1Cl)NC(=O)c1cnccc1C. The van der Waals surface area contributed by atoms with Crippen molar-refractivity contribution in [2.75, 3.05) is 0 Å². The molecule has 1 aromatic carbocycles. The molecule has 0 unspecified atom stereocenters. The van der Waals surface area contributed by atoms with Crippen LogP contribution in [-0.4, -0.2) is 28.3 Å². The topological polar surface area (TPSA) is 79.6 Å². The number of aromatic nitrogens is 2. The number of nitrogens with one attached hydrogen (secondary N) is 1. The predicted molar refractivity (Wildman–Crippen MR) is 121 cm³/mol. The summed E-state index contributed by atoms with van der Waals surface area (Å²) in [5.74, 6) is -0.637. The van der Waals surface area contributed by atoms with Crippen LogP contribution in [0.5, 0.6) is 0 Å². The first kappa shape index (κ1) is 22.0. The van der Waals surface area contributed by atoms with Gasteiger partial charge in [-0.15, -0.1) is 0 Å². The van der Waals surface area contributed by atoms with Crippen molar-refractivity contribution < 1.29 is 9.18 Å². The molecular formula is C23H19ClFN5O. The summed E-state index contributed by atoms with van der Waals surface area (Å²) in [6.45, 7) is 7.03. The highest BCUT2D eigenvalue weighted by Gasteiger charge is 2.11. The van der Waals surface area contributed by atoms with Crippen LogP contribution in [0.4, 0.5) is 4.39 Å². The van der Waals surface area contributed by atoms with E-state index in [-0.39, 0.29) is 11.7 Å². The van der Waals surface area contributed by atoms with Crippen molar-refractivity contribution in [3.63, 3.8) is 0 Å². The summed E-state index contributed by atoms with van der Waals surface area (Å²) in [6, 6.07) is 8.47. The maximum atomic E-state index is 14.1. The van der Waals surface area contributed by atoms with Gasteiger partial charge >= 0.3 is 0 Å². The number of hydrogen-bond donors (Lipinski definition) is 1. The molecule has 0 spiro atoms. The number of pyridine rings is 2. The van der Waals surface area contributed by atoms with Crippen molar-refractivity contribution >= 4 is 29.9 Å². The number of aryl methyl sites for hydroxylation is 1. The highest BCUT2D eigenvalue weighted by molar-refractivity contribution is 6.34. The van der Waals surface area contributed by atoms with E-state index in [1.54, 1.807) is 43.5 Å². The van der Waals surface area contributed by atoms with Gasteiger partial charge in [0.2, 0.25) is 0 Å². The van der Waals surface area contributed by atoms with Crippen LogP contribution in [0.3, 0.4) is 0 Å². The first-order chi connectivity index (χ1) is 14.9. The number of carbonyl (C=O) groups excluding carboxylic acids is 1. The van der Waals surface area contributed by atoms with Crippen LogP contribution in [0, 0.1) is 12.7 Å². The number of amides is 1. The quantitative estimate of drug-likeness (QED) is 0.554. The molecular weight excluding hydrogens is 417 g/mol. The molecule has 1 N–H and O–H groups in total. The smallest absolute Gasteiger partial charge is 0.258 e. The number of carbonyl (C=O) groups is 1. The Morgan fingerprint density at radius 1 is 1.16 bits per heavy atom. The third kappa shape index (κ3) is 5.26. The van der Waals surface area contributed by atoms with E-state index in [9.17, 15) is 9.18 Å². The first-order valence-corrected chi connectivity index (χ1v) is 9.61. The molecule has 0 aliphatic rings. The number of aliphatic imine (C=N–C) groups is 2. The molecule has 3 rings (SSSR count). The number of nitrogens with zero attached hydrogens (tertiary/aromatic N) is 4. The van der Waals surface area contributed by atoms with Gasteiger partial charge in [0.25, 0.3) is 5.91 Å². The normalized spacial score (nSPS) is 11.9. The summed E-state index contributed by atoms with van der Waals surface area (Å²) in [5.41, 5.74) is 3.42. The fourth-order valence-corrected chi connectivity index (χ4v) is 3.06. The van der Waals surface area contributed by atoms with Crippen LogP contribution < -0.4 is 5.32 Å². The second-order valence-electron chi connectivity index (χ2n) is 6.58. The molecule has 0 saturated heterocycles. The zero-order valence-corrected chi connectivity index (χ0v) is 17.7. The van der Waals surface area contributed by atoms with Gasteiger partial charge in [-0.05, 0) is 56.0 Å². The molecule has 31 heavy (non-hydrogen) atoms. The Labute approximate surface area is 184 Å². The van der Waals surface area contributed by atoms with Crippen molar-refractivity contribution in [2.45, 2.75) is 13.8 Å². The van der Waals surface area contributed by atoms with E-state index >= 15 is 0 Å². The van der Waals surface area contributed by atoms with Crippen molar-refractivity contribution in [2.24, 2.45) is 9.98 Å². The van der Waals surface area contributed by atoms with Gasteiger partial charge in [-0.1, -0.05) is 17.7 Å². The Balaban J connectivity index is 1.87. The Morgan fingerprint density at radius 2 is 1.90 bits per heavy atom. The lowest BCUT2D eigenvalue weighted by molar-refractivity contribution is 0.0964. The Kier molecular flexibility index (Phi) is 6.99. The number of hydrogen-bond acceptors (Lipinski definition) is 5. The van der Waals surface area contributed by atoms with Crippen molar-refractivity contribution in [1.29, 1.82) is 0 Å². The minimum atomic E-state index is -0.434. The maximum absolute atomic E-state index is 14.1. The molecule has 0 aliphatic heterocycles. The molecule has 0 fully saturated rings. The molecule has 2 heterocycles. The van der Waals surface area contributed by atoms with Gasteiger partial charge in [-0.2, -0.15) is 0 Å². The summed E-state index contributed by atoms with van der Waals surface area (Å²) in [6.07, 6.45) is 7.14. The summed E-state index contributed by atoms with van der Waals surface area (Å²) >= 11 is 6.33. The van der Waals surface area contributed by atoms with Gasteiger partial charge < -0.3 is 5.32 Å². The van der Waals surface area contributed by atoms with E-state index in [2.05, 4.69) is 32.0 Å². The predicted octanol–water partition coefficient (Wildman–Crippen LogP) is 4.98. The van der Waals surface area contributed by atoms with Crippen LogP contribution in [0.25, 0.3) is 11.1 Å². The minimum absolute atomic E-state index is 0.167. The summed E-state index contributed by atoms with van der Waals surface area (Å²) in [5, 5.41) is 3.10. The molecule has 0 atom stereocenters. The Morgan fingerprint density at radius 3 is 2.61 bits per heavy atom. The van der Waals surface area contributed by atoms with Crippen LogP contribution in [0.2, 0.25) is 5.02 Å². The summed E-state index contributed by atoms with van der Waals surface area (Å²) in [7, 11) is 0. The summed E-state index contributed by atoms with van der Waals surface area (Å²) < 4.78 is 14.1. The van der Waals surface area contributed by atoms with Crippen LogP contribution in [0.1, 0.15) is 28.4 Å². The highest BCUT2D eigenvalue weighted by atomic mass is 35.5. The van der Waals surface area contributed by atoms with Gasteiger partial charge in [0.05, 0.1) is 18.0 Å². The third-order valence-electron chi connectivity index (χ3n) is 4.52. The number of rotatable bonds is 6. The van der Waals surface area contributed by atoms with Gasteiger partial charge in [0.1, 0.15) is 5.82 Å². The second kappa shape index (κ2) is 9.86. The fraction of sp³-hybridized carbons (Fsp3) is 0.0870. The van der Waals surface area contributed by atoms with Crippen molar-refractivity contribution in [3.8, 4) is 11.1 Å². The lowest BCUT2D eigenvalue weighted by atomic mass is 10.0. The first-order valence-electron chi connectivity index (χ1n) is 9.23. The zero-order valence-electron chi connectivity index (χ0n) is 16.9. The molecule has 0 saturated carbocycles. The van der Waals surface area contributed by atoms with E-state index < -0.39 is 5.82 Å². The molecule has 0 aliphatic carbocycles. The van der Waals surface area contributed by atoms with E-state index in [1.807, 2.05) is 6.92 Å². The lowest BCUT2D eigenvalue weighted by Gasteiger charge is -2.09. The van der Waals surface area contributed by atoms with Gasteiger partial charge in [-0.3, -0.25) is 19.8 Å². The van der Waals surface area contributed by atoms with Crippen molar-refractivity contribution in [1.82, 2.24) is 15.3 Å². The average molecular weight is 436 g/mol. The van der Waals surface area contributed by atoms with Gasteiger partial charge in [-0.25, -0.2) is 9.38 Å². The van der Waals surface area contributed by atoms with E-state index in [1.165, 1.54) is 18.6 Å². The molecule has 2 aromatic heterocycles. The molecule has 0 bridgehead atoms. The lowest BCUT2D eigenvalue weighted by Crippen LogP contribution is -2.22. The van der Waals surface area contributed by atoms with E-state index in [0.717, 1.165) is 11.8 Å². The molecule has 3 aromatic rings. The maximum Gasteiger partial charge on any atom is 0.258 e. The highest BCUT2D eigenvalue weighted by Crippen LogP contribution is 2.27. The van der Waals surface area contributed by atoms with Crippen LogP contribution in [0.15, 0.2) is 77.1 Å². The molecule has 0 radical (unpaired) electrons. The van der Waals surface area contributed by atoms with E-state index in [0.29, 0.717) is 33.0 Å². The fourth-order valence-electron chi connectivity index (χ4n) is 2.80. The van der Waals surface area contributed by atoms with Crippen molar-refractivity contribution in [3.05, 3.63) is 94.7 Å². The monoisotopic (exact) mass is 435 g/mol. The Bertz CT molecular complexity index is 1210. The Hall–Kier alpha value is -3.71. The van der Waals surface area contributed by atoms with Gasteiger partial charge in [0.15, 0.2) is 5.82 Å². The zero-order chi connectivity index (χ0) is 22.4. The van der Waals surface area contributed by atoms with E-state index in [4.69, 9.17) is 11.6 Å². The number of benzene rings is 1. The largest absolute Gasteiger partial charge is 0.305 e. The van der Waals surface area contributed by atoms with Gasteiger partial charge in [0, 0.05) is 40.5 Å². The van der Waals surface area contributed by atoms with Crippen LogP contribution >= 0.6 is 11.6 Å². The number of halogens is 2.